The summed E-state index contributed by atoms with van der Waals surface area (Å²) >= 11 is 0. The topological polar surface area (TPSA) is 91.9 Å². The summed E-state index contributed by atoms with van der Waals surface area (Å²) in [5.41, 5.74) is 1.04. The zero-order chi connectivity index (χ0) is 15.6. The Kier molecular flexibility index (Phi) is 4.52. The zero-order valence-corrected chi connectivity index (χ0v) is 13.5. The van der Waals surface area contributed by atoms with Gasteiger partial charge in [-0.25, -0.2) is 8.42 Å². The van der Waals surface area contributed by atoms with Crippen molar-refractivity contribution in [1.29, 1.82) is 0 Å². The summed E-state index contributed by atoms with van der Waals surface area (Å²) in [6, 6.07) is 1.87. The third kappa shape index (κ3) is 3.88. The molecule has 2 N–H and O–H groups in total. The summed E-state index contributed by atoms with van der Waals surface area (Å²) in [4.78, 5) is 12.1. The van der Waals surface area contributed by atoms with Crippen molar-refractivity contribution < 1.29 is 13.2 Å². The normalized spacial score (nSPS) is 25.2. The van der Waals surface area contributed by atoms with Crippen LogP contribution in [0.1, 0.15) is 44.2 Å². The van der Waals surface area contributed by atoms with Gasteiger partial charge in [-0.05, 0) is 18.8 Å². The lowest BCUT2D eigenvalue weighted by atomic mass is 9.86. The van der Waals surface area contributed by atoms with Gasteiger partial charge in [0.2, 0.25) is 5.91 Å². The smallest absolute Gasteiger partial charge is 0.229 e. The van der Waals surface area contributed by atoms with Crippen LogP contribution in [0, 0.1) is 11.8 Å². The molecule has 1 aliphatic heterocycles. The van der Waals surface area contributed by atoms with Gasteiger partial charge >= 0.3 is 0 Å². The Morgan fingerprint density at radius 1 is 1.27 bits per heavy atom. The van der Waals surface area contributed by atoms with E-state index in [1.54, 1.807) is 0 Å². The molecule has 1 aliphatic carbocycles. The summed E-state index contributed by atoms with van der Waals surface area (Å²) in [5, 5.41) is 9.84. The van der Waals surface area contributed by atoms with E-state index < -0.39 is 15.8 Å². The number of hydrogen-bond donors (Lipinski definition) is 2. The number of nitrogens with zero attached hydrogens (tertiary/aromatic N) is 1. The first-order valence-corrected chi connectivity index (χ1v) is 9.89. The minimum Gasteiger partial charge on any atom is -0.309 e. The molecule has 1 aromatic heterocycles. The van der Waals surface area contributed by atoms with E-state index in [-0.39, 0.29) is 17.4 Å². The number of sulfone groups is 1. The highest BCUT2D eigenvalue weighted by Crippen LogP contribution is 2.27. The summed E-state index contributed by atoms with van der Waals surface area (Å²) in [5.74, 6) is 0.592. The Hall–Kier alpha value is -1.37. The fourth-order valence-electron chi connectivity index (χ4n) is 3.46. The van der Waals surface area contributed by atoms with Crippen molar-refractivity contribution in [1.82, 2.24) is 10.2 Å². The molecule has 6 nitrogen and oxygen atoms in total. The van der Waals surface area contributed by atoms with E-state index in [4.69, 9.17) is 0 Å². The number of amides is 1. The minimum atomic E-state index is -3.04. The number of carbonyl (C=O) groups is 1. The van der Waals surface area contributed by atoms with Crippen LogP contribution in [0.3, 0.4) is 0 Å². The molecule has 0 spiro atoms. The largest absolute Gasteiger partial charge is 0.309 e. The standard InChI is InChI=1S/C15H23N3O3S/c19-15(12-6-7-22(20,21)10-12)16-14-9-13(17-18-14)8-11-4-2-1-3-5-11/h9,11-12H,1-8,10H2,(H2,16,17,18,19). The highest BCUT2D eigenvalue weighted by Gasteiger charge is 2.33. The van der Waals surface area contributed by atoms with Crippen molar-refractivity contribution in [2.24, 2.45) is 11.8 Å². The summed E-state index contributed by atoms with van der Waals surface area (Å²) in [6.45, 7) is 0. The molecule has 2 fully saturated rings. The monoisotopic (exact) mass is 325 g/mol. The number of rotatable bonds is 4. The Morgan fingerprint density at radius 3 is 2.73 bits per heavy atom. The van der Waals surface area contributed by atoms with E-state index in [0.717, 1.165) is 12.1 Å². The third-order valence-electron chi connectivity index (χ3n) is 4.72. The van der Waals surface area contributed by atoms with Crippen LogP contribution in [0.5, 0.6) is 0 Å². The van der Waals surface area contributed by atoms with Gasteiger partial charge in [0.1, 0.15) is 0 Å². The highest BCUT2D eigenvalue weighted by molar-refractivity contribution is 7.91. The van der Waals surface area contributed by atoms with E-state index in [1.165, 1.54) is 32.1 Å². The molecule has 2 aliphatic rings. The van der Waals surface area contributed by atoms with Crippen molar-refractivity contribution in [3.63, 3.8) is 0 Å². The predicted molar refractivity (Wildman–Crippen MR) is 84.3 cm³/mol. The van der Waals surface area contributed by atoms with E-state index in [2.05, 4.69) is 15.5 Å². The van der Waals surface area contributed by atoms with Gasteiger partial charge in [-0.2, -0.15) is 5.10 Å². The molecule has 1 amide bonds. The number of carbonyl (C=O) groups excluding carboxylic acids is 1. The van der Waals surface area contributed by atoms with E-state index in [1.807, 2.05) is 6.07 Å². The second-order valence-electron chi connectivity index (χ2n) is 6.58. The molecule has 0 radical (unpaired) electrons. The van der Waals surface area contributed by atoms with Crippen molar-refractivity contribution >= 4 is 21.6 Å². The maximum atomic E-state index is 12.1. The van der Waals surface area contributed by atoms with Gasteiger partial charge in [-0.3, -0.25) is 9.89 Å². The van der Waals surface area contributed by atoms with Crippen LogP contribution in [0.4, 0.5) is 5.82 Å². The fourth-order valence-corrected chi connectivity index (χ4v) is 5.20. The molecule has 1 saturated heterocycles. The second-order valence-corrected chi connectivity index (χ2v) is 8.80. The third-order valence-corrected chi connectivity index (χ3v) is 6.49. The zero-order valence-electron chi connectivity index (χ0n) is 12.7. The molecule has 1 aromatic rings. The average molecular weight is 325 g/mol. The Balaban J connectivity index is 1.54. The number of nitrogens with one attached hydrogen (secondary N) is 2. The molecule has 22 heavy (non-hydrogen) atoms. The average Bonchev–Trinajstić information content (AvgIpc) is 3.06. The molecule has 0 aromatic carbocycles. The Bertz CT molecular complexity index is 632. The van der Waals surface area contributed by atoms with Gasteiger partial charge in [0.05, 0.1) is 17.4 Å². The van der Waals surface area contributed by atoms with Crippen molar-refractivity contribution in [3.8, 4) is 0 Å². The molecule has 0 bridgehead atoms. The van der Waals surface area contributed by atoms with Crippen LogP contribution in [0.25, 0.3) is 0 Å². The lowest BCUT2D eigenvalue weighted by Gasteiger charge is -2.20. The number of aromatic amines is 1. The van der Waals surface area contributed by atoms with Gasteiger partial charge < -0.3 is 5.32 Å². The van der Waals surface area contributed by atoms with E-state index in [0.29, 0.717) is 18.2 Å². The molecule has 1 unspecified atom stereocenters. The molecule has 7 heteroatoms. The van der Waals surface area contributed by atoms with Crippen molar-refractivity contribution in [3.05, 3.63) is 11.8 Å². The quantitative estimate of drug-likeness (QED) is 0.884. The van der Waals surface area contributed by atoms with Crippen LogP contribution in [0.2, 0.25) is 0 Å². The first-order valence-electron chi connectivity index (χ1n) is 8.07. The van der Waals surface area contributed by atoms with E-state index >= 15 is 0 Å². The van der Waals surface area contributed by atoms with Crippen LogP contribution in [-0.4, -0.2) is 36.0 Å². The van der Waals surface area contributed by atoms with Gasteiger partial charge in [-0.15, -0.1) is 0 Å². The summed E-state index contributed by atoms with van der Waals surface area (Å²) in [7, 11) is -3.04. The summed E-state index contributed by atoms with van der Waals surface area (Å²) < 4.78 is 22.8. The van der Waals surface area contributed by atoms with Crippen LogP contribution in [-0.2, 0) is 21.1 Å². The van der Waals surface area contributed by atoms with Gasteiger partial charge in [-0.1, -0.05) is 32.1 Å². The molecule has 3 rings (SSSR count). The number of hydrogen-bond acceptors (Lipinski definition) is 4. The molecule has 1 saturated carbocycles. The van der Waals surface area contributed by atoms with Crippen molar-refractivity contribution in [2.75, 3.05) is 16.8 Å². The first-order chi connectivity index (χ1) is 10.5. The van der Waals surface area contributed by atoms with Gasteiger partial charge in [0.25, 0.3) is 0 Å². The fraction of sp³-hybridized carbons (Fsp3) is 0.733. The lowest BCUT2D eigenvalue weighted by molar-refractivity contribution is -0.119. The minimum absolute atomic E-state index is 0.0435. The van der Waals surface area contributed by atoms with E-state index in [9.17, 15) is 13.2 Å². The molecular weight excluding hydrogens is 302 g/mol. The maximum absolute atomic E-state index is 12.1. The molecule has 122 valence electrons. The predicted octanol–water partition coefficient (Wildman–Crippen LogP) is 1.91. The van der Waals surface area contributed by atoms with Gasteiger partial charge in [0, 0.05) is 11.8 Å². The second kappa shape index (κ2) is 6.40. The molecule has 1 atom stereocenters. The number of aromatic nitrogens is 2. The Labute approximate surface area is 131 Å². The summed E-state index contributed by atoms with van der Waals surface area (Å²) in [6.07, 6.45) is 7.86. The Morgan fingerprint density at radius 2 is 2.05 bits per heavy atom. The van der Waals surface area contributed by atoms with Crippen molar-refractivity contribution in [2.45, 2.75) is 44.9 Å². The van der Waals surface area contributed by atoms with Crippen LogP contribution in [0.15, 0.2) is 6.07 Å². The molecule has 2 heterocycles. The molecular formula is C15H23N3O3S. The number of H-pyrrole nitrogens is 1. The number of anilines is 1. The van der Waals surface area contributed by atoms with Crippen LogP contribution < -0.4 is 5.32 Å². The lowest BCUT2D eigenvalue weighted by Crippen LogP contribution is -2.23. The maximum Gasteiger partial charge on any atom is 0.229 e. The SMILES string of the molecule is O=C(Nc1cc(CC2CCCCC2)[nH]n1)C1CCS(=O)(=O)C1. The van der Waals surface area contributed by atoms with Crippen LogP contribution >= 0.6 is 0 Å². The first kappa shape index (κ1) is 15.5. The highest BCUT2D eigenvalue weighted by atomic mass is 32.2. The van der Waals surface area contributed by atoms with Gasteiger partial charge in [0.15, 0.2) is 15.7 Å².